The van der Waals surface area contributed by atoms with Gasteiger partial charge < -0.3 is 15.0 Å². The molecule has 0 aliphatic rings. The van der Waals surface area contributed by atoms with Crippen molar-refractivity contribution in [1.82, 2.24) is 9.21 Å². The largest absolute Gasteiger partial charge is 0.495 e. The number of ether oxygens (including phenoxy) is 1. The predicted octanol–water partition coefficient (Wildman–Crippen LogP) is 1.50. The van der Waals surface area contributed by atoms with Crippen LogP contribution in [0, 0.1) is 0 Å². The first-order valence-corrected chi connectivity index (χ1v) is 9.59. The highest BCUT2D eigenvalue weighted by molar-refractivity contribution is 7.88. The Kier molecular flexibility index (Phi) is 7.95. The number of carbonyl (C=O) groups excluding carboxylic acids is 1. The molecule has 0 radical (unpaired) electrons. The first-order valence-electron chi connectivity index (χ1n) is 7.36. The fourth-order valence-electron chi connectivity index (χ4n) is 1.95. The summed E-state index contributed by atoms with van der Waals surface area (Å²) >= 11 is 6.00. The molecule has 0 spiro atoms. The lowest BCUT2D eigenvalue weighted by atomic mass is 10.3. The lowest BCUT2D eigenvalue weighted by Crippen LogP contribution is -2.37. The third-order valence-corrected chi connectivity index (χ3v) is 4.89. The van der Waals surface area contributed by atoms with Gasteiger partial charge in [-0.2, -0.15) is 0 Å². The summed E-state index contributed by atoms with van der Waals surface area (Å²) in [4.78, 5) is 13.9. The first-order chi connectivity index (χ1) is 11.1. The van der Waals surface area contributed by atoms with Crippen molar-refractivity contribution >= 4 is 33.2 Å². The van der Waals surface area contributed by atoms with Crippen molar-refractivity contribution in [2.24, 2.45) is 0 Å². The van der Waals surface area contributed by atoms with E-state index in [2.05, 4.69) is 5.32 Å². The van der Waals surface area contributed by atoms with Crippen LogP contribution in [-0.2, 0) is 14.8 Å². The maximum atomic E-state index is 12.0. The average molecular weight is 378 g/mol. The minimum Gasteiger partial charge on any atom is -0.495 e. The van der Waals surface area contributed by atoms with E-state index < -0.39 is 10.0 Å². The molecule has 0 saturated carbocycles. The Morgan fingerprint density at radius 2 is 1.92 bits per heavy atom. The second kappa shape index (κ2) is 9.22. The number of amides is 1. The molecule has 0 aliphatic carbocycles. The molecule has 0 aliphatic heterocycles. The van der Waals surface area contributed by atoms with Gasteiger partial charge in [0.2, 0.25) is 15.9 Å². The zero-order valence-electron chi connectivity index (χ0n) is 14.4. The lowest BCUT2D eigenvalue weighted by molar-refractivity contribution is -0.116. The molecule has 1 aromatic rings. The van der Waals surface area contributed by atoms with E-state index in [9.17, 15) is 13.2 Å². The number of anilines is 1. The Morgan fingerprint density at radius 3 is 2.42 bits per heavy atom. The maximum Gasteiger partial charge on any atom is 0.225 e. The second-order valence-electron chi connectivity index (χ2n) is 5.61. The van der Waals surface area contributed by atoms with Gasteiger partial charge in [-0.1, -0.05) is 11.6 Å². The molecule has 136 valence electrons. The van der Waals surface area contributed by atoms with Crippen LogP contribution in [0.15, 0.2) is 18.2 Å². The van der Waals surface area contributed by atoms with Crippen molar-refractivity contribution < 1.29 is 17.9 Å². The molecule has 0 heterocycles. The predicted molar refractivity (Wildman–Crippen MR) is 96.2 cm³/mol. The van der Waals surface area contributed by atoms with E-state index in [-0.39, 0.29) is 18.9 Å². The van der Waals surface area contributed by atoms with E-state index in [0.717, 1.165) is 6.26 Å². The van der Waals surface area contributed by atoms with E-state index >= 15 is 0 Å². The highest BCUT2D eigenvalue weighted by Crippen LogP contribution is 2.27. The smallest absolute Gasteiger partial charge is 0.225 e. The lowest BCUT2D eigenvalue weighted by Gasteiger charge is -2.21. The Balaban J connectivity index is 2.61. The van der Waals surface area contributed by atoms with Crippen molar-refractivity contribution in [2.75, 3.05) is 52.4 Å². The van der Waals surface area contributed by atoms with Crippen LogP contribution in [0.4, 0.5) is 5.69 Å². The molecule has 0 atom stereocenters. The number of nitrogens with zero attached hydrogens (tertiary/aromatic N) is 2. The van der Waals surface area contributed by atoms with Gasteiger partial charge in [-0.25, -0.2) is 12.7 Å². The Labute approximate surface area is 148 Å². The number of nitrogens with one attached hydrogen (secondary N) is 1. The van der Waals surface area contributed by atoms with E-state index in [4.69, 9.17) is 16.3 Å². The van der Waals surface area contributed by atoms with Gasteiger partial charge in [0.15, 0.2) is 0 Å². The van der Waals surface area contributed by atoms with Gasteiger partial charge in [-0.05, 0) is 32.3 Å². The molecule has 9 heteroatoms. The van der Waals surface area contributed by atoms with Crippen molar-refractivity contribution in [1.29, 1.82) is 0 Å². The molecular formula is C15H24ClN3O4S. The molecule has 24 heavy (non-hydrogen) atoms. The average Bonchev–Trinajstić information content (AvgIpc) is 2.45. The quantitative estimate of drug-likeness (QED) is 0.705. The molecular weight excluding hydrogens is 354 g/mol. The van der Waals surface area contributed by atoms with E-state index in [0.29, 0.717) is 29.5 Å². The zero-order chi connectivity index (χ0) is 18.3. The number of methoxy groups -OCH3 is 1. The number of hydrogen-bond donors (Lipinski definition) is 1. The monoisotopic (exact) mass is 377 g/mol. The van der Waals surface area contributed by atoms with Crippen LogP contribution in [0.25, 0.3) is 0 Å². The zero-order valence-corrected chi connectivity index (χ0v) is 15.9. The van der Waals surface area contributed by atoms with Gasteiger partial charge in [0.05, 0.1) is 18.4 Å². The van der Waals surface area contributed by atoms with Crippen LogP contribution in [0.3, 0.4) is 0 Å². The number of halogens is 1. The van der Waals surface area contributed by atoms with E-state index in [1.807, 2.05) is 19.0 Å². The summed E-state index contributed by atoms with van der Waals surface area (Å²) in [7, 11) is 1.87. The van der Waals surface area contributed by atoms with Gasteiger partial charge in [0.25, 0.3) is 0 Å². The number of sulfonamides is 1. The number of hydrogen-bond acceptors (Lipinski definition) is 5. The Morgan fingerprint density at radius 1 is 1.25 bits per heavy atom. The van der Waals surface area contributed by atoms with Crippen LogP contribution >= 0.6 is 11.6 Å². The second-order valence-corrected chi connectivity index (χ2v) is 8.00. The van der Waals surface area contributed by atoms with Crippen molar-refractivity contribution in [3.8, 4) is 5.75 Å². The van der Waals surface area contributed by atoms with Crippen LogP contribution < -0.4 is 10.1 Å². The normalized spacial score (nSPS) is 11.8. The van der Waals surface area contributed by atoms with Crippen LogP contribution in [0.5, 0.6) is 5.75 Å². The Bertz CT molecular complexity index is 665. The molecule has 1 N–H and O–H groups in total. The third kappa shape index (κ3) is 7.04. The molecule has 1 amide bonds. The highest BCUT2D eigenvalue weighted by Gasteiger charge is 2.18. The molecule has 1 rings (SSSR count). The van der Waals surface area contributed by atoms with Crippen LogP contribution in [0.2, 0.25) is 5.02 Å². The number of carbonyl (C=O) groups is 1. The van der Waals surface area contributed by atoms with Gasteiger partial charge in [0, 0.05) is 31.7 Å². The van der Waals surface area contributed by atoms with Crippen molar-refractivity contribution in [2.45, 2.75) is 6.42 Å². The summed E-state index contributed by atoms with van der Waals surface area (Å²) in [5, 5.41) is 3.08. The molecule has 0 fully saturated rings. The number of likely N-dealkylation sites (N-methyl/N-ethyl adjacent to an activating group) is 1. The topological polar surface area (TPSA) is 79.0 Å². The van der Waals surface area contributed by atoms with Gasteiger partial charge in [-0.3, -0.25) is 4.79 Å². The SMILES string of the molecule is COc1ccc(NC(=O)CCN(CCN(C)C)S(C)(=O)=O)cc1Cl. The van der Waals surface area contributed by atoms with Gasteiger partial charge in [-0.15, -0.1) is 0 Å². The molecule has 0 unspecified atom stereocenters. The molecule has 0 saturated heterocycles. The van der Waals surface area contributed by atoms with Crippen LogP contribution in [0.1, 0.15) is 6.42 Å². The standard InChI is InChI=1S/C15H24ClN3O4S/c1-18(2)9-10-19(24(4,21)22)8-7-15(20)17-12-5-6-14(23-3)13(16)11-12/h5-6,11H,7-10H2,1-4H3,(H,17,20). The molecule has 7 nitrogen and oxygen atoms in total. The minimum atomic E-state index is -3.36. The molecule has 0 aromatic heterocycles. The first kappa shape index (κ1) is 20.7. The van der Waals surface area contributed by atoms with E-state index in [1.165, 1.54) is 11.4 Å². The van der Waals surface area contributed by atoms with E-state index in [1.54, 1.807) is 18.2 Å². The van der Waals surface area contributed by atoms with Gasteiger partial charge >= 0.3 is 0 Å². The summed E-state index contributed by atoms with van der Waals surface area (Å²) in [5.74, 6) is 0.233. The number of benzene rings is 1. The van der Waals surface area contributed by atoms with Gasteiger partial charge in [0.1, 0.15) is 5.75 Å². The third-order valence-electron chi connectivity index (χ3n) is 3.29. The fraction of sp³-hybridized carbons (Fsp3) is 0.533. The summed E-state index contributed by atoms with van der Waals surface area (Å²) in [6, 6.07) is 4.90. The maximum absolute atomic E-state index is 12.0. The minimum absolute atomic E-state index is 0.0597. The summed E-state index contributed by atoms with van der Waals surface area (Å²) in [5.41, 5.74) is 0.532. The van der Waals surface area contributed by atoms with Crippen LogP contribution in [-0.4, -0.2) is 70.6 Å². The van der Waals surface area contributed by atoms with Crippen molar-refractivity contribution in [3.05, 3.63) is 23.2 Å². The molecule has 1 aromatic carbocycles. The highest BCUT2D eigenvalue weighted by atomic mass is 35.5. The summed E-state index contributed by atoms with van der Waals surface area (Å²) < 4.78 is 29.9. The summed E-state index contributed by atoms with van der Waals surface area (Å²) in [6.07, 6.45) is 1.20. The Hall–Kier alpha value is -1.35. The number of rotatable bonds is 9. The summed E-state index contributed by atoms with van der Waals surface area (Å²) in [6.45, 7) is 1.05. The fourth-order valence-corrected chi connectivity index (χ4v) is 3.04. The van der Waals surface area contributed by atoms with Crippen molar-refractivity contribution in [3.63, 3.8) is 0 Å². The molecule has 0 bridgehead atoms.